The van der Waals surface area contributed by atoms with E-state index in [1.165, 1.54) is 0 Å². The summed E-state index contributed by atoms with van der Waals surface area (Å²) in [6.45, 7) is 6.84. The highest BCUT2D eigenvalue weighted by Crippen LogP contribution is 2.19. The van der Waals surface area contributed by atoms with Crippen molar-refractivity contribution in [3.8, 4) is 0 Å². The summed E-state index contributed by atoms with van der Waals surface area (Å²) in [4.78, 5) is 4.88. The van der Waals surface area contributed by atoms with Crippen molar-refractivity contribution < 1.29 is 5.11 Å². The first kappa shape index (κ1) is 14.0. The van der Waals surface area contributed by atoms with Gasteiger partial charge >= 0.3 is 0 Å². The SMILES string of the molecule is CN1CCN(CCc2nnc3n2CC(CO)CC3)CC1. The number of piperazine rings is 1. The van der Waals surface area contributed by atoms with Gasteiger partial charge in [-0.05, 0) is 13.5 Å². The van der Waals surface area contributed by atoms with Crippen molar-refractivity contribution in [2.24, 2.45) is 5.92 Å². The van der Waals surface area contributed by atoms with Crippen LogP contribution in [0.15, 0.2) is 0 Å². The van der Waals surface area contributed by atoms with Gasteiger partial charge in [0.15, 0.2) is 0 Å². The Morgan fingerprint density at radius 1 is 1.20 bits per heavy atom. The van der Waals surface area contributed by atoms with Gasteiger partial charge in [-0.2, -0.15) is 0 Å². The van der Waals surface area contributed by atoms with E-state index >= 15 is 0 Å². The summed E-state index contributed by atoms with van der Waals surface area (Å²) in [5, 5.41) is 18.0. The maximum Gasteiger partial charge on any atom is 0.134 e. The van der Waals surface area contributed by atoms with Gasteiger partial charge < -0.3 is 19.5 Å². The van der Waals surface area contributed by atoms with Crippen LogP contribution in [0.1, 0.15) is 18.1 Å². The van der Waals surface area contributed by atoms with Crippen LogP contribution in [0.3, 0.4) is 0 Å². The van der Waals surface area contributed by atoms with Crippen molar-refractivity contribution in [3.05, 3.63) is 11.6 Å². The molecule has 1 aromatic heterocycles. The molecule has 1 saturated heterocycles. The lowest BCUT2D eigenvalue weighted by Crippen LogP contribution is -2.45. The fourth-order valence-electron chi connectivity index (χ4n) is 3.11. The minimum atomic E-state index is 0.273. The smallest absolute Gasteiger partial charge is 0.134 e. The highest BCUT2D eigenvalue weighted by molar-refractivity contribution is 5.00. The van der Waals surface area contributed by atoms with Crippen molar-refractivity contribution in [1.29, 1.82) is 0 Å². The third-order valence-electron chi connectivity index (χ3n) is 4.63. The van der Waals surface area contributed by atoms with Crippen LogP contribution in [-0.2, 0) is 19.4 Å². The van der Waals surface area contributed by atoms with E-state index in [2.05, 4.69) is 31.6 Å². The first-order valence-electron chi connectivity index (χ1n) is 7.69. The van der Waals surface area contributed by atoms with E-state index in [0.29, 0.717) is 5.92 Å². The molecule has 1 fully saturated rings. The minimum absolute atomic E-state index is 0.273. The van der Waals surface area contributed by atoms with Crippen molar-refractivity contribution in [2.75, 3.05) is 46.4 Å². The number of hydrogen-bond donors (Lipinski definition) is 1. The van der Waals surface area contributed by atoms with Gasteiger partial charge in [0.1, 0.15) is 11.6 Å². The van der Waals surface area contributed by atoms with Crippen molar-refractivity contribution in [1.82, 2.24) is 24.6 Å². The molecular formula is C14H25N5O. The number of aryl methyl sites for hydroxylation is 1. The number of fused-ring (bicyclic) bond motifs is 1. The van der Waals surface area contributed by atoms with E-state index in [9.17, 15) is 5.11 Å². The molecule has 0 bridgehead atoms. The molecule has 0 saturated carbocycles. The van der Waals surface area contributed by atoms with Crippen molar-refractivity contribution in [2.45, 2.75) is 25.8 Å². The molecule has 0 radical (unpaired) electrons. The number of likely N-dealkylation sites (N-methyl/N-ethyl adjacent to an activating group) is 1. The van der Waals surface area contributed by atoms with E-state index in [0.717, 1.165) is 70.2 Å². The molecule has 1 unspecified atom stereocenters. The zero-order valence-corrected chi connectivity index (χ0v) is 12.3. The molecule has 2 aliphatic rings. The summed E-state index contributed by atoms with van der Waals surface area (Å²) in [6, 6.07) is 0. The monoisotopic (exact) mass is 279 g/mol. The zero-order valence-electron chi connectivity index (χ0n) is 12.3. The standard InChI is InChI=1S/C14H25N5O/c1-17-6-8-18(9-7-17)5-4-14-16-15-13-3-2-12(11-20)10-19(13)14/h12,20H,2-11H2,1H3. The first-order chi connectivity index (χ1) is 9.76. The molecular weight excluding hydrogens is 254 g/mol. The predicted octanol–water partition coefficient (Wildman–Crippen LogP) is -0.377. The maximum absolute atomic E-state index is 9.34. The Kier molecular flexibility index (Phi) is 4.33. The second-order valence-corrected chi connectivity index (χ2v) is 6.13. The number of nitrogens with zero attached hydrogens (tertiary/aromatic N) is 5. The molecule has 20 heavy (non-hydrogen) atoms. The lowest BCUT2D eigenvalue weighted by molar-refractivity contribution is 0.153. The third-order valence-corrected chi connectivity index (χ3v) is 4.63. The van der Waals surface area contributed by atoms with Gasteiger partial charge in [0.25, 0.3) is 0 Å². The van der Waals surface area contributed by atoms with Gasteiger partial charge in [-0.1, -0.05) is 0 Å². The van der Waals surface area contributed by atoms with Crippen LogP contribution in [-0.4, -0.2) is 76.0 Å². The second-order valence-electron chi connectivity index (χ2n) is 6.13. The van der Waals surface area contributed by atoms with Gasteiger partial charge in [0, 0.05) is 64.6 Å². The summed E-state index contributed by atoms with van der Waals surface area (Å²) >= 11 is 0. The van der Waals surface area contributed by atoms with Gasteiger partial charge in [-0.15, -0.1) is 10.2 Å². The Morgan fingerprint density at radius 3 is 2.75 bits per heavy atom. The molecule has 1 aromatic rings. The van der Waals surface area contributed by atoms with Crippen LogP contribution in [0.4, 0.5) is 0 Å². The Balaban J connectivity index is 1.57. The Labute approximate surface area is 120 Å². The number of rotatable bonds is 4. The summed E-state index contributed by atoms with van der Waals surface area (Å²) in [6.07, 6.45) is 2.95. The maximum atomic E-state index is 9.34. The third kappa shape index (κ3) is 3.02. The quantitative estimate of drug-likeness (QED) is 0.814. The molecule has 0 spiro atoms. The van der Waals surface area contributed by atoms with Gasteiger partial charge in [0.05, 0.1) is 0 Å². The van der Waals surface area contributed by atoms with Crippen molar-refractivity contribution >= 4 is 0 Å². The van der Waals surface area contributed by atoms with Crippen LogP contribution in [0.5, 0.6) is 0 Å². The molecule has 1 atom stereocenters. The van der Waals surface area contributed by atoms with E-state index in [1.807, 2.05) is 0 Å². The molecule has 112 valence electrons. The fraction of sp³-hybridized carbons (Fsp3) is 0.857. The summed E-state index contributed by atoms with van der Waals surface area (Å²) in [7, 11) is 2.18. The van der Waals surface area contributed by atoms with Crippen LogP contribution < -0.4 is 0 Å². The van der Waals surface area contributed by atoms with E-state index < -0.39 is 0 Å². The minimum Gasteiger partial charge on any atom is -0.396 e. The van der Waals surface area contributed by atoms with Crippen LogP contribution in [0.25, 0.3) is 0 Å². The molecule has 3 rings (SSSR count). The van der Waals surface area contributed by atoms with Gasteiger partial charge in [-0.25, -0.2) is 0 Å². The lowest BCUT2D eigenvalue weighted by atomic mass is 10.0. The Hall–Kier alpha value is -0.980. The highest BCUT2D eigenvalue weighted by Gasteiger charge is 2.22. The van der Waals surface area contributed by atoms with Crippen LogP contribution in [0.2, 0.25) is 0 Å². The van der Waals surface area contributed by atoms with Crippen LogP contribution >= 0.6 is 0 Å². The van der Waals surface area contributed by atoms with E-state index in [-0.39, 0.29) is 6.61 Å². The zero-order chi connectivity index (χ0) is 13.9. The normalized spacial score (nSPS) is 24.8. The second kappa shape index (κ2) is 6.20. The number of aliphatic hydroxyl groups excluding tert-OH is 1. The molecule has 0 aliphatic carbocycles. The first-order valence-corrected chi connectivity index (χ1v) is 7.69. The molecule has 1 N–H and O–H groups in total. The summed E-state index contributed by atoms with van der Waals surface area (Å²) < 4.78 is 2.24. The Bertz CT molecular complexity index is 439. The van der Waals surface area contributed by atoms with E-state index in [4.69, 9.17) is 0 Å². The molecule has 6 nitrogen and oxygen atoms in total. The lowest BCUT2D eigenvalue weighted by Gasteiger charge is -2.32. The van der Waals surface area contributed by atoms with Gasteiger partial charge in [0.2, 0.25) is 0 Å². The average Bonchev–Trinajstić information content (AvgIpc) is 2.89. The molecule has 0 amide bonds. The Morgan fingerprint density at radius 2 is 2.00 bits per heavy atom. The molecule has 3 heterocycles. The predicted molar refractivity (Wildman–Crippen MR) is 76.6 cm³/mol. The number of aliphatic hydroxyl groups is 1. The van der Waals surface area contributed by atoms with Crippen LogP contribution in [0, 0.1) is 5.92 Å². The molecule has 6 heteroatoms. The molecule has 0 aromatic carbocycles. The summed E-state index contributed by atoms with van der Waals surface area (Å²) in [5.41, 5.74) is 0. The largest absolute Gasteiger partial charge is 0.396 e. The number of hydrogen-bond acceptors (Lipinski definition) is 5. The van der Waals surface area contributed by atoms with E-state index in [1.54, 1.807) is 0 Å². The van der Waals surface area contributed by atoms with Crippen molar-refractivity contribution in [3.63, 3.8) is 0 Å². The fourth-order valence-corrected chi connectivity index (χ4v) is 3.11. The topological polar surface area (TPSA) is 57.4 Å². The summed E-state index contributed by atoms with van der Waals surface area (Å²) in [5.74, 6) is 2.57. The average molecular weight is 279 g/mol. The molecule has 2 aliphatic heterocycles. The van der Waals surface area contributed by atoms with Gasteiger partial charge in [-0.3, -0.25) is 0 Å². The number of aromatic nitrogens is 3. The highest BCUT2D eigenvalue weighted by atomic mass is 16.3.